The summed E-state index contributed by atoms with van der Waals surface area (Å²) in [5.74, 6) is -0.418. The van der Waals surface area contributed by atoms with Crippen molar-refractivity contribution in [2.45, 2.75) is 20.4 Å². The number of aromatic nitrogens is 2. The molecule has 0 fully saturated rings. The van der Waals surface area contributed by atoms with Gasteiger partial charge in [-0.3, -0.25) is 19.6 Å². The van der Waals surface area contributed by atoms with Gasteiger partial charge in [-0.1, -0.05) is 24.3 Å². The number of carbonyl (C=O) groups excluding carboxylic acids is 1. The predicted molar refractivity (Wildman–Crippen MR) is 119 cm³/mol. The summed E-state index contributed by atoms with van der Waals surface area (Å²) in [6.07, 6.45) is 3.25. The highest BCUT2D eigenvalue weighted by Crippen LogP contribution is 2.14. The zero-order chi connectivity index (χ0) is 22.2. The minimum atomic E-state index is -0.444. The molecule has 160 valence electrons. The van der Waals surface area contributed by atoms with Crippen molar-refractivity contribution in [2.24, 2.45) is 5.10 Å². The van der Waals surface area contributed by atoms with Crippen molar-refractivity contribution in [1.29, 1.82) is 0 Å². The Labute approximate surface area is 180 Å². The van der Waals surface area contributed by atoms with Crippen molar-refractivity contribution in [2.75, 3.05) is 18.0 Å². The second-order valence-electron chi connectivity index (χ2n) is 6.79. The molecule has 2 aromatic carbocycles. The lowest BCUT2D eigenvalue weighted by Crippen LogP contribution is -2.21. The third-order valence-electron chi connectivity index (χ3n) is 4.77. The van der Waals surface area contributed by atoms with Crippen LogP contribution in [0.5, 0.6) is 0 Å². The lowest BCUT2D eigenvalue weighted by Gasteiger charge is -2.20. The van der Waals surface area contributed by atoms with Crippen LogP contribution in [0.1, 0.15) is 35.5 Å². The molecule has 31 heavy (non-hydrogen) atoms. The van der Waals surface area contributed by atoms with Gasteiger partial charge in [0.25, 0.3) is 11.6 Å². The van der Waals surface area contributed by atoms with Crippen LogP contribution in [0.4, 0.5) is 11.4 Å². The van der Waals surface area contributed by atoms with Crippen LogP contribution in [0.2, 0.25) is 0 Å². The van der Waals surface area contributed by atoms with Crippen molar-refractivity contribution < 1.29 is 9.72 Å². The molecule has 0 unspecified atom stereocenters. The normalized spacial score (nSPS) is 10.9. The number of nitrogens with one attached hydrogen (secondary N) is 1. The minimum Gasteiger partial charge on any atom is -0.372 e. The Morgan fingerprint density at radius 2 is 1.81 bits per heavy atom. The summed E-state index contributed by atoms with van der Waals surface area (Å²) in [4.78, 5) is 24.8. The molecule has 1 aromatic heterocycles. The number of rotatable bonds is 9. The molecular weight excluding hydrogens is 396 g/mol. The van der Waals surface area contributed by atoms with Gasteiger partial charge in [0.2, 0.25) is 0 Å². The average Bonchev–Trinajstić information content (AvgIpc) is 3.24. The molecular formula is C22H24N6O3. The van der Waals surface area contributed by atoms with Gasteiger partial charge in [0.05, 0.1) is 17.7 Å². The quantitative estimate of drug-likeness (QED) is 0.324. The van der Waals surface area contributed by atoms with Crippen LogP contribution < -0.4 is 10.3 Å². The minimum absolute atomic E-state index is 0.0323. The third-order valence-corrected chi connectivity index (χ3v) is 4.77. The molecule has 1 N–H and O–H groups in total. The van der Waals surface area contributed by atoms with Crippen LogP contribution in [-0.4, -0.2) is 39.9 Å². The first-order chi connectivity index (χ1) is 15.0. The lowest BCUT2D eigenvalue weighted by molar-refractivity contribution is -0.384. The first-order valence-electron chi connectivity index (χ1n) is 9.95. The Kier molecular flexibility index (Phi) is 7.10. The number of benzene rings is 2. The Bertz CT molecular complexity index is 1050. The van der Waals surface area contributed by atoms with Gasteiger partial charge in [0, 0.05) is 37.1 Å². The van der Waals surface area contributed by atoms with Gasteiger partial charge in [0.15, 0.2) is 5.69 Å². The number of hydrogen-bond acceptors (Lipinski definition) is 6. The maximum atomic E-state index is 12.3. The van der Waals surface area contributed by atoms with Crippen LogP contribution in [0, 0.1) is 10.1 Å². The Morgan fingerprint density at radius 1 is 1.13 bits per heavy atom. The number of anilines is 1. The van der Waals surface area contributed by atoms with E-state index in [1.165, 1.54) is 12.1 Å². The highest BCUT2D eigenvalue weighted by Gasteiger charge is 2.10. The fourth-order valence-corrected chi connectivity index (χ4v) is 3.06. The average molecular weight is 420 g/mol. The second kappa shape index (κ2) is 10.1. The first-order valence-corrected chi connectivity index (χ1v) is 9.95. The lowest BCUT2D eigenvalue weighted by atomic mass is 10.2. The Morgan fingerprint density at radius 3 is 2.42 bits per heavy atom. The SMILES string of the molecule is CCN(CC)c1ccc(/C=N/NC(=O)c2ccn(Cc3ccc([N+](=O)[O-])cc3)n2)cc1. The molecule has 9 nitrogen and oxygen atoms in total. The summed E-state index contributed by atoms with van der Waals surface area (Å²) >= 11 is 0. The molecule has 0 aliphatic carbocycles. The van der Waals surface area contributed by atoms with Gasteiger partial charge in [-0.05, 0) is 43.2 Å². The van der Waals surface area contributed by atoms with E-state index in [0.29, 0.717) is 6.54 Å². The maximum absolute atomic E-state index is 12.3. The summed E-state index contributed by atoms with van der Waals surface area (Å²) in [5, 5.41) is 19.0. The smallest absolute Gasteiger partial charge is 0.291 e. The second-order valence-corrected chi connectivity index (χ2v) is 6.79. The summed E-state index contributed by atoms with van der Waals surface area (Å²) < 4.78 is 1.59. The van der Waals surface area contributed by atoms with E-state index >= 15 is 0 Å². The molecule has 0 radical (unpaired) electrons. The summed E-state index contributed by atoms with van der Waals surface area (Å²) in [6, 6.07) is 15.7. The van der Waals surface area contributed by atoms with Gasteiger partial charge >= 0.3 is 0 Å². The number of non-ortho nitro benzene ring substituents is 1. The molecule has 0 aliphatic heterocycles. The van der Waals surface area contributed by atoms with E-state index in [2.05, 4.69) is 34.4 Å². The zero-order valence-corrected chi connectivity index (χ0v) is 17.4. The number of nitrogens with zero attached hydrogens (tertiary/aromatic N) is 5. The number of hydrogen-bond donors (Lipinski definition) is 1. The van der Waals surface area contributed by atoms with Crippen LogP contribution in [-0.2, 0) is 6.54 Å². The van der Waals surface area contributed by atoms with Crippen LogP contribution in [0.3, 0.4) is 0 Å². The fraction of sp³-hybridized carbons (Fsp3) is 0.227. The first kappa shape index (κ1) is 21.7. The molecule has 1 heterocycles. The molecule has 0 saturated heterocycles. The van der Waals surface area contributed by atoms with E-state index in [4.69, 9.17) is 0 Å². The number of carbonyl (C=O) groups is 1. The van der Waals surface area contributed by atoms with E-state index in [0.717, 1.165) is 29.9 Å². The maximum Gasteiger partial charge on any atom is 0.291 e. The summed E-state index contributed by atoms with van der Waals surface area (Å²) in [7, 11) is 0. The van der Waals surface area contributed by atoms with Crippen LogP contribution >= 0.6 is 0 Å². The standard InChI is InChI=1S/C22H24N6O3/c1-3-26(4-2)19-9-5-17(6-10-19)15-23-24-22(29)21-13-14-27(25-21)16-18-7-11-20(12-8-18)28(30)31/h5-15H,3-4,16H2,1-2H3,(H,24,29)/b23-15+. The molecule has 3 rings (SSSR count). The van der Waals surface area contributed by atoms with Gasteiger partial charge in [-0.15, -0.1) is 0 Å². The Balaban J connectivity index is 1.55. The van der Waals surface area contributed by atoms with E-state index in [-0.39, 0.29) is 11.4 Å². The summed E-state index contributed by atoms with van der Waals surface area (Å²) in [6.45, 7) is 6.50. The molecule has 0 aliphatic rings. The number of nitro groups is 1. The fourth-order valence-electron chi connectivity index (χ4n) is 3.06. The highest BCUT2D eigenvalue weighted by atomic mass is 16.6. The number of amides is 1. The molecule has 0 saturated carbocycles. The van der Waals surface area contributed by atoms with Crippen molar-refractivity contribution in [3.8, 4) is 0 Å². The summed E-state index contributed by atoms with van der Waals surface area (Å²) in [5.41, 5.74) is 5.60. The molecule has 0 spiro atoms. The molecule has 0 atom stereocenters. The van der Waals surface area contributed by atoms with E-state index in [1.807, 2.05) is 24.3 Å². The number of hydrazone groups is 1. The van der Waals surface area contributed by atoms with Crippen molar-refractivity contribution in [1.82, 2.24) is 15.2 Å². The van der Waals surface area contributed by atoms with Gasteiger partial charge in [-0.2, -0.15) is 10.2 Å². The third kappa shape index (κ3) is 5.75. The zero-order valence-electron chi connectivity index (χ0n) is 17.4. The molecule has 3 aromatic rings. The van der Waals surface area contributed by atoms with Crippen molar-refractivity contribution >= 4 is 23.5 Å². The largest absolute Gasteiger partial charge is 0.372 e. The predicted octanol–water partition coefficient (Wildman–Crippen LogP) is 3.45. The van der Waals surface area contributed by atoms with E-state index in [9.17, 15) is 14.9 Å². The monoisotopic (exact) mass is 420 g/mol. The van der Waals surface area contributed by atoms with Gasteiger partial charge in [0.1, 0.15) is 0 Å². The van der Waals surface area contributed by atoms with E-state index < -0.39 is 10.8 Å². The molecule has 0 bridgehead atoms. The van der Waals surface area contributed by atoms with Crippen LogP contribution in [0.25, 0.3) is 0 Å². The number of nitro benzene ring substituents is 1. The Hall–Kier alpha value is -4.01. The van der Waals surface area contributed by atoms with Gasteiger partial charge < -0.3 is 4.90 Å². The topological polar surface area (TPSA) is 106 Å². The van der Waals surface area contributed by atoms with Crippen molar-refractivity contribution in [3.05, 3.63) is 87.7 Å². The molecule has 9 heteroatoms. The van der Waals surface area contributed by atoms with Crippen molar-refractivity contribution in [3.63, 3.8) is 0 Å². The van der Waals surface area contributed by atoms with Gasteiger partial charge in [-0.25, -0.2) is 5.43 Å². The van der Waals surface area contributed by atoms with Crippen LogP contribution in [0.15, 0.2) is 65.9 Å². The highest BCUT2D eigenvalue weighted by molar-refractivity contribution is 5.93. The molecule has 1 amide bonds. The van der Waals surface area contributed by atoms with E-state index in [1.54, 1.807) is 35.3 Å².